The summed E-state index contributed by atoms with van der Waals surface area (Å²) in [5.41, 5.74) is 0.720. The highest BCUT2D eigenvalue weighted by Gasteiger charge is 2.21. The largest absolute Gasteiger partial charge is 0.493 e. The van der Waals surface area contributed by atoms with Gasteiger partial charge in [0.15, 0.2) is 11.5 Å². The number of ether oxygens (including phenoxy) is 2. The third-order valence-electron chi connectivity index (χ3n) is 3.87. The van der Waals surface area contributed by atoms with E-state index in [0.717, 1.165) is 6.42 Å². The summed E-state index contributed by atoms with van der Waals surface area (Å²) in [4.78, 5) is 24.9. The van der Waals surface area contributed by atoms with Gasteiger partial charge in [0.05, 0.1) is 30.2 Å². The maximum atomic E-state index is 12.8. The number of nitro groups is 1. The summed E-state index contributed by atoms with van der Waals surface area (Å²) in [6.45, 7) is 2.53. The predicted octanol–water partition coefficient (Wildman–Crippen LogP) is 4.32. The van der Waals surface area contributed by atoms with Crippen molar-refractivity contribution in [1.29, 1.82) is 0 Å². The van der Waals surface area contributed by atoms with E-state index >= 15 is 0 Å². The molecule has 0 heterocycles. The Morgan fingerprint density at radius 1 is 1.30 bits per heavy atom. The Morgan fingerprint density at radius 2 is 2.00 bits per heavy atom. The molecular weight excluding hydrogens is 372 g/mol. The van der Waals surface area contributed by atoms with Crippen LogP contribution < -0.4 is 9.47 Å². The summed E-state index contributed by atoms with van der Waals surface area (Å²) >= 11 is 6.26. The molecule has 0 aliphatic rings. The van der Waals surface area contributed by atoms with E-state index in [1.54, 1.807) is 31.3 Å². The second kappa shape index (κ2) is 9.23. The van der Waals surface area contributed by atoms with Gasteiger partial charge in [0.2, 0.25) is 0 Å². The van der Waals surface area contributed by atoms with E-state index < -0.39 is 4.92 Å². The number of carbonyl (C=O) groups excluding carboxylic acids is 1. The van der Waals surface area contributed by atoms with Crippen LogP contribution in [0.25, 0.3) is 0 Å². The normalized spacial score (nSPS) is 10.4. The first-order valence-corrected chi connectivity index (χ1v) is 8.74. The fourth-order valence-corrected chi connectivity index (χ4v) is 2.82. The Labute approximate surface area is 162 Å². The summed E-state index contributed by atoms with van der Waals surface area (Å²) in [5, 5.41) is 11.4. The van der Waals surface area contributed by atoms with Crippen molar-refractivity contribution in [3.63, 3.8) is 0 Å². The van der Waals surface area contributed by atoms with Gasteiger partial charge in [-0.25, -0.2) is 0 Å². The molecule has 0 aromatic heterocycles. The maximum Gasteiger partial charge on any atom is 0.274 e. The van der Waals surface area contributed by atoms with E-state index in [1.165, 1.54) is 24.1 Å². The molecule has 0 saturated carbocycles. The van der Waals surface area contributed by atoms with Gasteiger partial charge in [0, 0.05) is 24.2 Å². The SMILES string of the molecule is CCCOc1c(Cl)cc(C(=O)N(C)Cc2ccccc2[N+](=O)[O-])cc1OC. The number of hydrogen-bond donors (Lipinski definition) is 0. The lowest BCUT2D eigenvalue weighted by Gasteiger charge is -2.19. The van der Waals surface area contributed by atoms with Gasteiger partial charge in [-0.05, 0) is 18.6 Å². The lowest BCUT2D eigenvalue weighted by Crippen LogP contribution is -2.26. The topological polar surface area (TPSA) is 81.9 Å². The highest BCUT2D eigenvalue weighted by atomic mass is 35.5. The van der Waals surface area contributed by atoms with Crippen molar-refractivity contribution in [2.24, 2.45) is 0 Å². The molecule has 0 N–H and O–H groups in total. The van der Waals surface area contributed by atoms with Crippen LogP contribution in [0.1, 0.15) is 29.3 Å². The third kappa shape index (κ3) is 4.89. The molecule has 27 heavy (non-hydrogen) atoms. The van der Waals surface area contributed by atoms with E-state index in [1.807, 2.05) is 6.92 Å². The van der Waals surface area contributed by atoms with Crippen molar-refractivity contribution in [1.82, 2.24) is 4.90 Å². The minimum atomic E-state index is -0.465. The number of rotatable bonds is 8. The average molecular weight is 393 g/mol. The summed E-state index contributed by atoms with van der Waals surface area (Å²) in [6.07, 6.45) is 0.804. The summed E-state index contributed by atoms with van der Waals surface area (Å²) in [6, 6.07) is 9.37. The molecule has 0 atom stereocenters. The van der Waals surface area contributed by atoms with E-state index in [9.17, 15) is 14.9 Å². The quantitative estimate of drug-likeness (QED) is 0.493. The van der Waals surface area contributed by atoms with E-state index in [0.29, 0.717) is 29.2 Å². The van der Waals surface area contributed by atoms with Crippen molar-refractivity contribution in [3.8, 4) is 11.5 Å². The predicted molar refractivity (Wildman–Crippen MR) is 103 cm³/mol. The van der Waals surface area contributed by atoms with Gasteiger partial charge in [-0.3, -0.25) is 14.9 Å². The van der Waals surface area contributed by atoms with Crippen molar-refractivity contribution in [3.05, 3.63) is 62.7 Å². The second-order valence-electron chi connectivity index (χ2n) is 5.88. The molecule has 0 unspecified atom stereocenters. The average Bonchev–Trinajstić information content (AvgIpc) is 2.66. The van der Waals surface area contributed by atoms with Gasteiger partial charge < -0.3 is 14.4 Å². The molecule has 0 aliphatic heterocycles. The number of benzene rings is 2. The van der Waals surface area contributed by atoms with Gasteiger partial charge in [0.1, 0.15) is 0 Å². The number of nitro benzene ring substituents is 1. The van der Waals surface area contributed by atoms with Gasteiger partial charge in [0.25, 0.3) is 11.6 Å². The lowest BCUT2D eigenvalue weighted by atomic mass is 10.1. The zero-order valence-electron chi connectivity index (χ0n) is 15.4. The number of carbonyl (C=O) groups is 1. The van der Waals surface area contributed by atoms with Crippen LogP contribution in [-0.4, -0.2) is 36.5 Å². The van der Waals surface area contributed by atoms with Gasteiger partial charge in [-0.15, -0.1) is 0 Å². The third-order valence-corrected chi connectivity index (χ3v) is 4.15. The van der Waals surface area contributed by atoms with Crippen LogP contribution >= 0.6 is 11.6 Å². The van der Waals surface area contributed by atoms with Crippen LogP contribution in [0.5, 0.6) is 11.5 Å². The maximum absolute atomic E-state index is 12.8. The van der Waals surface area contributed by atoms with Crippen LogP contribution in [0.4, 0.5) is 5.69 Å². The highest BCUT2D eigenvalue weighted by molar-refractivity contribution is 6.32. The van der Waals surface area contributed by atoms with Crippen LogP contribution in [0.2, 0.25) is 5.02 Å². The van der Waals surface area contributed by atoms with Crippen molar-refractivity contribution in [2.75, 3.05) is 20.8 Å². The second-order valence-corrected chi connectivity index (χ2v) is 6.29. The Kier molecular flexibility index (Phi) is 7.01. The minimum absolute atomic E-state index is 0.0314. The molecule has 0 bridgehead atoms. The van der Waals surface area contributed by atoms with Crippen molar-refractivity contribution < 1.29 is 19.2 Å². The number of amides is 1. The summed E-state index contributed by atoms with van der Waals surface area (Å²) in [5.74, 6) is 0.410. The van der Waals surface area contributed by atoms with Gasteiger partial charge >= 0.3 is 0 Å². The molecule has 0 saturated heterocycles. The van der Waals surface area contributed by atoms with Crippen molar-refractivity contribution >= 4 is 23.2 Å². The molecule has 2 rings (SSSR count). The van der Waals surface area contributed by atoms with Gasteiger partial charge in [-0.1, -0.05) is 36.7 Å². The van der Waals surface area contributed by atoms with E-state index in [4.69, 9.17) is 21.1 Å². The Bertz CT molecular complexity index is 841. The first-order chi connectivity index (χ1) is 12.9. The van der Waals surface area contributed by atoms with Crippen LogP contribution in [0, 0.1) is 10.1 Å². The van der Waals surface area contributed by atoms with Gasteiger partial charge in [-0.2, -0.15) is 0 Å². The van der Waals surface area contributed by atoms with Crippen LogP contribution in [0.3, 0.4) is 0 Å². The molecule has 0 fully saturated rings. The smallest absolute Gasteiger partial charge is 0.274 e. The fraction of sp³-hybridized carbons (Fsp3) is 0.316. The zero-order chi connectivity index (χ0) is 20.0. The van der Waals surface area contributed by atoms with Crippen LogP contribution in [0.15, 0.2) is 36.4 Å². The van der Waals surface area contributed by atoms with E-state index in [-0.39, 0.29) is 23.2 Å². The zero-order valence-corrected chi connectivity index (χ0v) is 16.2. The van der Waals surface area contributed by atoms with Crippen molar-refractivity contribution in [2.45, 2.75) is 19.9 Å². The monoisotopic (exact) mass is 392 g/mol. The molecule has 0 radical (unpaired) electrons. The molecule has 0 spiro atoms. The number of halogens is 1. The Morgan fingerprint density at radius 3 is 2.63 bits per heavy atom. The number of methoxy groups -OCH3 is 1. The highest BCUT2D eigenvalue weighted by Crippen LogP contribution is 2.37. The molecule has 7 nitrogen and oxygen atoms in total. The summed E-state index contributed by atoms with van der Waals surface area (Å²) < 4.78 is 10.9. The lowest BCUT2D eigenvalue weighted by molar-refractivity contribution is -0.385. The summed E-state index contributed by atoms with van der Waals surface area (Å²) in [7, 11) is 3.04. The van der Waals surface area contributed by atoms with Crippen LogP contribution in [-0.2, 0) is 6.54 Å². The fourth-order valence-electron chi connectivity index (χ4n) is 2.56. The molecular formula is C19H21ClN2O5. The molecule has 1 amide bonds. The molecule has 0 aliphatic carbocycles. The minimum Gasteiger partial charge on any atom is -0.493 e. The Balaban J connectivity index is 2.27. The molecule has 2 aromatic rings. The number of nitrogens with zero attached hydrogens (tertiary/aromatic N) is 2. The number of hydrogen-bond acceptors (Lipinski definition) is 5. The molecule has 144 valence electrons. The first-order valence-electron chi connectivity index (χ1n) is 8.37. The molecule has 2 aromatic carbocycles. The first kappa shape index (κ1) is 20.5. The molecule has 8 heteroatoms. The Hall–Kier alpha value is -2.80. The number of para-hydroxylation sites is 1. The standard InChI is InChI=1S/C19H21ClN2O5/c1-4-9-27-18-15(20)10-14(11-17(18)26-3)19(23)21(2)12-13-7-5-6-8-16(13)22(24)25/h5-8,10-11H,4,9,12H2,1-3H3. The van der Waals surface area contributed by atoms with E-state index in [2.05, 4.69) is 0 Å².